The van der Waals surface area contributed by atoms with E-state index in [0.29, 0.717) is 18.6 Å². The summed E-state index contributed by atoms with van der Waals surface area (Å²) in [5.41, 5.74) is 3.78. The summed E-state index contributed by atoms with van der Waals surface area (Å²) < 4.78 is 5.71. The minimum atomic E-state index is -0.106. The van der Waals surface area contributed by atoms with Gasteiger partial charge in [-0.25, -0.2) is 0 Å². The molecule has 0 spiro atoms. The van der Waals surface area contributed by atoms with Crippen LogP contribution in [0.15, 0.2) is 42.5 Å². The van der Waals surface area contributed by atoms with Gasteiger partial charge in [0.25, 0.3) is 0 Å². The zero-order chi connectivity index (χ0) is 17.5. The van der Waals surface area contributed by atoms with Crippen LogP contribution in [0.3, 0.4) is 0 Å². The second-order valence-electron chi connectivity index (χ2n) is 5.89. The van der Waals surface area contributed by atoms with Crippen LogP contribution in [0.4, 0.5) is 0 Å². The number of ether oxygens (including phenoxy) is 1. The summed E-state index contributed by atoms with van der Waals surface area (Å²) in [5.74, 6) is 0.764. The quantitative estimate of drug-likeness (QED) is 0.879. The molecule has 0 aliphatic carbocycles. The van der Waals surface area contributed by atoms with Crippen molar-refractivity contribution in [3.63, 3.8) is 0 Å². The van der Waals surface area contributed by atoms with Crippen LogP contribution in [0.25, 0.3) is 0 Å². The molecule has 0 fully saturated rings. The van der Waals surface area contributed by atoms with Gasteiger partial charge in [0.05, 0.1) is 30.7 Å². The van der Waals surface area contributed by atoms with E-state index in [1.54, 1.807) is 12.1 Å². The summed E-state index contributed by atoms with van der Waals surface area (Å²) in [4.78, 5) is 12.0. The average Bonchev–Trinajstić information content (AvgIpc) is 2.58. The molecular formula is C20H22N2O2. The Morgan fingerprint density at radius 1 is 1.21 bits per heavy atom. The SMILES string of the molecule is Cc1ccc(C)c(OCCC(=O)NC(C)c2ccc(C#N)cc2)c1. The van der Waals surface area contributed by atoms with Crippen molar-refractivity contribution in [2.75, 3.05) is 6.61 Å². The predicted octanol–water partition coefficient (Wildman–Crippen LogP) is 3.82. The molecule has 0 aliphatic rings. The lowest BCUT2D eigenvalue weighted by molar-refractivity contribution is -0.122. The second-order valence-corrected chi connectivity index (χ2v) is 5.89. The number of amides is 1. The number of hydrogen-bond acceptors (Lipinski definition) is 3. The number of hydrogen-bond donors (Lipinski definition) is 1. The number of aryl methyl sites for hydroxylation is 2. The minimum absolute atomic E-state index is 0.0582. The van der Waals surface area contributed by atoms with Crippen LogP contribution in [-0.4, -0.2) is 12.5 Å². The van der Waals surface area contributed by atoms with Gasteiger partial charge < -0.3 is 10.1 Å². The van der Waals surface area contributed by atoms with E-state index in [-0.39, 0.29) is 11.9 Å². The Kier molecular flexibility index (Phi) is 5.97. The van der Waals surface area contributed by atoms with E-state index in [1.165, 1.54) is 0 Å². The fourth-order valence-corrected chi connectivity index (χ4v) is 2.36. The van der Waals surface area contributed by atoms with Crippen molar-refractivity contribution in [3.05, 3.63) is 64.7 Å². The summed E-state index contributed by atoms with van der Waals surface area (Å²) in [6.07, 6.45) is 0.300. The highest BCUT2D eigenvalue weighted by Gasteiger charge is 2.10. The Bertz CT molecular complexity index is 745. The second kappa shape index (κ2) is 8.16. The maximum Gasteiger partial charge on any atom is 0.223 e. The van der Waals surface area contributed by atoms with Crippen molar-refractivity contribution >= 4 is 5.91 Å². The first kappa shape index (κ1) is 17.6. The first-order valence-electron chi connectivity index (χ1n) is 7.99. The zero-order valence-corrected chi connectivity index (χ0v) is 14.3. The van der Waals surface area contributed by atoms with Crippen LogP contribution >= 0.6 is 0 Å². The molecule has 4 nitrogen and oxygen atoms in total. The third kappa shape index (κ3) is 4.85. The number of rotatable bonds is 6. The Labute approximate surface area is 143 Å². The molecule has 2 aromatic rings. The normalized spacial score (nSPS) is 11.4. The van der Waals surface area contributed by atoms with E-state index in [4.69, 9.17) is 10.00 Å². The molecule has 0 heterocycles. The van der Waals surface area contributed by atoms with Gasteiger partial charge in [-0.1, -0.05) is 24.3 Å². The molecule has 0 bridgehead atoms. The highest BCUT2D eigenvalue weighted by atomic mass is 16.5. The molecule has 4 heteroatoms. The predicted molar refractivity (Wildman–Crippen MR) is 93.7 cm³/mol. The molecule has 2 aromatic carbocycles. The highest BCUT2D eigenvalue weighted by molar-refractivity contribution is 5.76. The Hall–Kier alpha value is -2.80. The van der Waals surface area contributed by atoms with E-state index in [0.717, 1.165) is 22.4 Å². The Morgan fingerprint density at radius 3 is 2.58 bits per heavy atom. The molecule has 0 aliphatic heterocycles. The van der Waals surface area contributed by atoms with Gasteiger partial charge in [0.1, 0.15) is 5.75 Å². The van der Waals surface area contributed by atoms with E-state index in [1.807, 2.05) is 51.1 Å². The lowest BCUT2D eigenvalue weighted by Crippen LogP contribution is -2.27. The zero-order valence-electron chi connectivity index (χ0n) is 14.3. The molecule has 1 atom stereocenters. The lowest BCUT2D eigenvalue weighted by atomic mass is 10.1. The molecule has 0 saturated heterocycles. The monoisotopic (exact) mass is 322 g/mol. The van der Waals surface area contributed by atoms with Crippen molar-refractivity contribution in [1.82, 2.24) is 5.32 Å². The number of nitriles is 1. The van der Waals surface area contributed by atoms with Crippen LogP contribution in [0.2, 0.25) is 0 Å². The van der Waals surface area contributed by atoms with Gasteiger partial charge in [-0.05, 0) is 55.7 Å². The average molecular weight is 322 g/mol. The van der Waals surface area contributed by atoms with E-state index in [2.05, 4.69) is 11.4 Å². The molecular weight excluding hydrogens is 300 g/mol. The first-order chi connectivity index (χ1) is 11.5. The van der Waals surface area contributed by atoms with Gasteiger partial charge in [-0.15, -0.1) is 0 Å². The maximum absolute atomic E-state index is 12.0. The lowest BCUT2D eigenvalue weighted by Gasteiger charge is -2.15. The van der Waals surface area contributed by atoms with Gasteiger partial charge in [0.2, 0.25) is 5.91 Å². The molecule has 0 radical (unpaired) electrons. The van der Waals surface area contributed by atoms with Crippen LogP contribution in [-0.2, 0) is 4.79 Å². The summed E-state index contributed by atoms with van der Waals surface area (Å²) >= 11 is 0. The molecule has 1 N–H and O–H groups in total. The van der Waals surface area contributed by atoms with Crippen molar-refractivity contribution in [3.8, 4) is 11.8 Å². The van der Waals surface area contributed by atoms with Crippen molar-refractivity contribution in [2.24, 2.45) is 0 Å². The van der Waals surface area contributed by atoms with E-state index < -0.39 is 0 Å². The van der Waals surface area contributed by atoms with Gasteiger partial charge in [-0.3, -0.25) is 4.79 Å². The minimum Gasteiger partial charge on any atom is -0.493 e. The van der Waals surface area contributed by atoms with Crippen molar-refractivity contribution in [2.45, 2.75) is 33.2 Å². The Balaban J connectivity index is 1.82. The number of carbonyl (C=O) groups is 1. The standard InChI is InChI=1S/C20H22N2O2/c1-14-4-5-15(2)19(12-14)24-11-10-20(23)22-16(3)18-8-6-17(13-21)7-9-18/h4-9,12,16H,10-11H2,1-3H3,(H,22,23). The maximum atomic E-state index is 12.0. The highest BCUT2D eigenvalue weighted by Crippen LogP contribution is 2.19. The van der Waals surface area contributed by atoms with Crippen LogP contribution in [0.5, 0.6) is 5.75 Å². The molecule has 124 valence electrons. The summed E-state index contributed by atoms with van der Waals surface area (Å²) in [5, 5.41) is 11.8. The van der Waals surface area contributed by atoms with Crippen LogP contribution in [0, 0.1) is 25.2 Å². The van der Waals surface area contributed by atoms with Crippen molar-refractivity contribution < 1.29 is 9.53 Å². The first-order valence-corrected chi connectivity index (χ1v) is 7.99. The van der Waals surface area contributed by atoms with Gasteiger partial charge in [0, 0.05) is 0 Å². The molecule has 0 saturated carbocycles. The molecule has 24 heavy (non-hydrogen) atoms. The van der Waals surface area contributed by atoms with Gasteiger partial charge >= 0.3 is 0 Å². The van der Waals surface area contributed by atoms with Crippen LogP contribution < -0.4 is 10.1 Å². The number of nitrogens with one attached hydrogen (secondary N) is 1. The summed E-state index contributed by atoms with van der Waals surface area (Å²) in [7, 11) is 0. The third-order valence-electron chi connectivity index (χ3n) is 3.85. The van der Waals surface area contributed by atoms with Gasteiger partial charge in [0.15, 0.2) is 0 Å². The fraction of sp³-hybridized carbons (Fsp3) is 0.300. The third-order valence-corrected chi connectivity index (χ3v) is 3.85. The molecule has 2 rings (SSSR count). The number of nitrogens with zero attached hydrogens (tertiary/aromatic N) is 1. The topological polar surface area (TPSA) is 62.1 Å². The van der Waals surface area contributed by atoms with Crippen molar-refractivity contribution in [1.29, 1.82) is 5.26 Å². The summed E-state index contributed by atoms with van der Waals surface area (Å²) in [6.45, 7) is 6.27. The largest absolute Gasteiger partial charge is 0.493 e. The smallest absolute Gasteiger partial charge is 0.223 e. The Morgan fingerprint density at radius 2 is 1.92 bits per heavy atom. The molecule has 1 unspecified atom stereocenters. The van der Waals surface area contributed by atoms with E-state index in [9.17, 15) is 4.79 Å². The van der Waals surface area contributed by atoms with Gasteiger partial charge in [-0.2, -0.15) is 5.26 Å². The summed E-state index contributed by atoms with van der Waals surface area (Å²) in [6, 6.07) is 15.2. The van der Waals surface area contributed by atoms with E-state index >= 15 is 0 Å². The number of carbonyl (C=O) groups excluding carboxylic acids is 1. The molecule has 0 aromatic heterocycles. The number of benzene rings is 2. The van der Waals surface area contributed by atoms with Crippen LogP contribution in [0.1, 0.15) is 41.6 Å². The molecule has 1 amide bonds. The fourth-order valence-electron chi connectivity index (χ4n) is 2.36.